The number of aryl methyl sites for hydroxylation is 2. The van der Waals surface area contributed by atoms with Gasteiger partial charge in [0.2, 0.25) is 0 Å². The second-order valence-corrected chi connectivity index (χ2v) is 5.87. The molecule has 2 heterocycles. The minimum absolute atomic E-state index is 0.303. The maximum absolute atomic E-state index is 12.6. The quantitative estimate of drug-likeness (QED) is 0.682. The van der Waals surface area contributed by atoms with Crippen molar-refractivity contribution in [2.45, 2.75) is 13.8 Å². The molecular weight excluding hydrogens is 302 g/mol. The first-order chi connectivity index (χ1) is 11.6. The van der Waals surface area contributed by atoms with Gasteiger partial charge in [-0.25, -0.2) is 9.58 Å². The molecule has 2 amide bonds. The van der Waals surface area contributed by atoms with Crippen molar-refractivity contribution in [1.29, 1.82) is 0 Å². The smallest absolute Gasteiger partial charge is 0.266 e. The van der Waals surface area contributed by atoms with Crippen LogP contribution >= 0.6 is 0 Å². The molecule has 5 heteroatoms. The van der Waals surface area contributed by atoms with E-state index in [1.165, 1.54) is 4.90 Å². The Morgan fingerprint density at radius 2 is 1.54 bits per heavy atom. The first kappa shape index (κ1) is 14.4. The predicted octanol–water partition coefficient (Wildman–Crippen LogP) is 3.29. The number of fused-ring (bicyclic) bond motifs is 1. The highest BCUT2D eigenvalue weighted by atomic mass is 16.2. The van der Waals surface area contributed by atoms with E-state index in [-0.39, 0.29) is 11.8 Å². The Morgan fingerprint density at radius 1 is 0.875 bits per heavy atom. The number of anilines is 1. The Kier molecular flexibility index (Phi) is 3.09. The number of hydrogen-bond acceptors (Lipinski definition) is 3. The lowest BCUT2D eigenvalue weighted by Crippen LogP contribution is -2.29. The van der Waals surface area contributed by atoms with Gasteiger partial charge in [0.05, 0.1) is 34.4 Å². The number of aromatic nitrogens is 2. The fourth-order valence-electron chi connectivity index (χ4n) is 2.98. The van der Waals surface area contributed by atoms with E-state index in [9.17, 15) is 9.59 Å². The third-order valence-electron chi connectivity index (χ3n) is 4.17. The Bertz CT molecular complexity index is 953. The topological polar surface area (TPSA) is 55.2 Å². The molecule has 0 radical (unpaired) electrons. The van der Waals surface area contributed by atoms with Crippen LogP contribution in [-0.4, -0.2) is 21.6 Å². The fraction of sp³-hybridized carbons (Fsp3) is 0.105. The van der Waals surface area contributed by atoms with E-state index < -0.39 is 0 Å². The summed E-state index contributed by atoms with van der Waals surface area (Å²) in [6.07, 6.45) is 1.73. The normalized spacial score (nSPS) is 13.5. The first-order valence-electron chi connectivity index (χ1n) is 7.67. The average Bonchev–Trinajstić information content (AvgIpc) is 3.07. The van der Waals surface area contributed by atoms with Crippen molar-refractivity contribution >= 4 is 17.5 Å². The van der Waals surface area contributed by atoms with Gasteiger partial charge in [-0.15, -0.1) is 0 Å². The van der Waals surface area contributed by atoms with Crippen LogP contribution in [0.2, 0.25) is 0 Å². The van der Waals surface area contributed by atoms with Crippen molar-refractivity contribution in [2.75, 3.05) is 4.90 Å². The van der Waals surface area contributed by atoms with Crippen LogP contribution in [0.25, 0.3) is 5.69 Å². The molecule has 0 saturated heterocycles. The molecule has 0 spiro atoms. The molecule has 1 aliphatic rings. The number of hydrogen-bond donors (Lipinski definition) is 0. The summed E-state index contributed by atoms with van der Waals surface area (Å²) in [5, 5.41) is 4.47. The van der Waals surface area contributed by atoms with Gasteiger partial charge in [-0.05, 0) is 43.7 Å². The molecule has 1 aromatic heterocycles. The van der Waals surface area contributed by atoms with Crippen molar-refractivity contribution in [1.82, 2.24) is 9.78 Å². The Labute approximate surface area is 139 Å². The molecule has 5 nitrogen and oxygen atoms in total. The lowest BCUT2D eigenvalue weighted by Gasteiger charge is -2.11. The van der Waals surface area contributed by atoms with Crippen LogP contribution in [0.4, 0.5) is 5.69 Å². The number of imide groups is 1. The van der Waals surface area contributed by atoms with E-state index in [0.717, 1.165) is 11.3 Å². The SMILES string of the molecule is Cc1cccc(-n2cc(N3C(=O)c4ccccc4C3=O)c(C)n2)c1. The molecule has 24 heavy (non-hydrogen) atoms. The monoisotopic (exact) mass is 317 g/mol. The fourth-order valence-corrected chi connectivity index (χ4v) is 2.98. The summed E-state index contributed by atoms with van der Waals surface area (Å²) < 4.78 is 1.70. The van der Waals surface area contributed by atoms with Gasteiger partial charge in [0.25, 0.3) is 11.8 Å². The van der Waals surface area contributed by atoms with Crippen LogP contribution in [0.3, 0.4) is 0 Å². The molecule has 0 fully saturated rings. The molecule has 0 saturated carbocycles. The molecule has 0 unspecified atom stereocenters. The van der Waals surface area contributed by atoms with Gasteiger partial charge in [-0.3, -0.25) is 9.59 Å². The standard InChI is InChI=1S/C19H15N3O2/c1-12-6-5-7-14(10-12)21-11-17(13(2)20-21)22-18(23)15-8-3-4-9-16(15)19(22)24/h3-11H,1-2H3. The largest absolute Gasteiger partial charge is 0.268 e. The summed E-state index contributed by atoms with van der Waals surface area (Å²) in [4.78, 5) is 26.5. The van der Waals surface area contributed by atoms with Gasteiger partial charge in [-0.2, -0.15) is 5.10 Å². The molecule has 0 atom stereocenters. The highest BCUT2D eigenvalue weighted by Gasteiger charge is 2.37. The second kappa shape index (κ2) is 5.16. The molecule has 0 bridgehead atoms. The number of amides is 2. The van der Waals surface area contributed by atoms with Crippen LogP contribution < -0.4 is 4.90 Å². The van der Waals surface area contributed by atoms with E-state index in [2.05, 4.69) is 5.10 Å². The van der Waals surface area contributed by atoms with E-state index in [4.69, 9.17) is 0 Å². The van der Waals surface area contributed by atoms with Crippen molar-refractivity contribution in [3.63, 3.8) is 0 Å². The molecule has 0 aliphatic carbocycles. The average molecular weight is 317 g/mol. The zero-order valence-electron chi connectivity index (χ0n) is 13.4. The number of nitrogens with zero attached hydrogens (tertiary/aromatic N) is 3. The van der Waals surface area contributed by atoms with Gasteiger partial charge in [0, 0.05) is 0 Å². The van der Waals surface area contributed by atoms with E-state index in [1.807, 2.05) is 31.2 Å². The zero-order chi connectivity index (χ0) is 16.8. The lowest BCUT2D eigenvalue weighted by atomic mass is 10.1. The zero-order valence-corrected chi connectivity index (χ0v) is 13.4. The number of benzene rings is 2. The molecule has 1 aliphatic heterocycles. The molecule has 118 valence electrons. The van der Waals surface area contributed by atoms with Crippen LogP contribution in [0.1, 0.15) is 32.0 Å². The third-order valence-corrected chi connectivity index (χ3v) is 4.17. The highest BCUT2D eigenvalue weighted by molar-refractivity contribution is 6.34. The van der Waals surface area contributed by atoms with Crippen molar-refractivity contribution in [2.24, 2.45) is 0 Å². The van der Waals surface area contributed by atoms with Crippen LogP contribution in [0.15, 0.2) is 54.7 Å². The maximum Gasteiger partial charge on any atom is 0.266 e. The van der Waals surface area contributed by atoms with E-state index in [0.29, 0.717) is 22.5 Å². The number of carbonyl (C=O) groups is 2. The summed E-state index contributed by atoms with van der Waals surface area (Å²) in [6, 6.07) is 14.8. The highest BCUT2D eigenvalue weighted by Crippen LogP contribution is 2.30. The van der Waals surface area contributed by atoms with Crippen molar-refractivity contribution < 1.29 is 9.59 Å². The van der Waals surface area contributed by atoms with Crippen LogP contribution in [0, 0.1) is 13.8 Å². The summed E-state index contributed by atoms with van der Waals surface area (Å²) in [5.41, 5.74) is 4.02. The maximum atomic E-state index is 12.6. The van der Waals surface area contributed by atoms with E-state index >= 15 is 0 Å². The van der Waals surface area contributed by atoms with Crippen molar-refractivity contribution in [3.05, 3.63) is 77.1 Å². The number of carbonyl (C=O) groups excluding carboxylic acids is 2. The number of rotatable bonds is 2. The van der Waals surface area contributed by atoms with Crippen LogP contribution in [0.5, 0.6) is 0 Å². The summed E-state index contributed by atoms with van der Waals surface area (Å²) in [5.74, 6) is -0.606. The minimum atomic E-state index is -0.303. The molecular formula is C19H15N3O2. The lowest BCUT2D eigenvalue weighted by molar-refractivity contribution is 0.0926. The van der Waals surface area contributed by atoms with Gasteiger partial charge in [-0.1, -0.05) is 24.3 Å². The van der Waals surface area contributed by atoms with E-state index in [1.54, 1.807) is 42.1 Å². The second-order valence-electron chi connectivity index (χ2n) is 5.87. The third kappa shape index (κ3) is 2.06. The van der Waals surface area contributed by atoms with Gasteiger partial charge < -0.3 is 0 Å². The molecule has 0 N–H and O–H groups in total. The minimum Gasteiger partial charge on any atom is -0.268 e. The Balaban J connectivity index is 1.79. The van der Waals surface area contributed by atoms with Crippen LogP contribution in [-0.2, 0) is 0 Å². The van der Waals surface area contributed by atoms with Gasteiger partial charge in [0.15, 0.2) is 0 Å². The molecule has 2 aromatic carbocycles. The van der Waals surface area contributed by atoms with Gasteiger partial charge >= 0.3 is 0 Å². The van der Waals surface area contributed by atoms with Gasteiger partial charge in [0.1, 0.15) is 0 Å². The predicted molar refractivity (Wildman–Crippen MR) is 90.6 cm³/mol. The molecule has 4 rings (SSSR count). The Hall–Kier alpha value is -3.21. The van der Waals surface area contributed by atoms with Crippen molar-refractivity contribution in [3.8, 4) is 5.69 Å². The summed E-state index contributed by atoms with van der Waals surface area (Å²) >= 11 is 0. The molecule has 3 aromatic rings. The summed E-state index contributed by atoms with van der Waals surface area (Å²) in [6.45, 7) is 3.80. The first-order valence-corrected chi connectivity index (χ1v) is 7.67. The Morgan fingerprint density at radius 3 is 2.17 bits per heavy atom. The summed E-state index contributed by atoms with van der Waals surface area (Å²) in [7, 11) is 0.